The second-order valence-electron chi connectivity index (χ2n) is 33.2. The summed E-state index contributed by atoms with van der Waals surface area (Å²) in [5.41, 5.74) is 33.0. The van der Waals surface area contributed by atoms with E-state index in [-0.39, 0.29) is 111 Å². The van der Waals surface area contributed by atoms with E-state index in [9.17, 15) is 28.4 Å². The molecule has 5 aromatic carbocycles. The normalized spacial score (nSPS) is 13.9. The fraction of sp³-hybridized carbons (Fsp3) is 0.300. The van der Waals surface area contributed by atoms with Gasteiger partial charge in [-0.15, -0.1) is 0 Å². The van der Waals surface area contributed by atoms with Crippen LogP contribution in [0.2, 0.25) is 15.1 Å². The molecule has 0 spiro atoms. The lowest BCUT2D eigenvalue weighted by atomic mass is 10.1. The first-order valence-electron chi connectivity index (χ1n) is 43.6. The highest BCUT2D eigenvalue weighted by Gasteiger charge is 2.37. The number of rotatable bonds is 25. The number of anilines is 8. The number of nitrogens with one attached hydrogen (secondary N) is 4. The number of carbonyl (C=O) groups is 1. The maximum atomic E-state index is 14.9. The van der Waals surface area contributed by atoms with Crippen molar-refractivity contribution < 1.29 is 18.2 Å². The molecule has 46 heteroatoms. The SMILES string of the molecule is CC(C)c1nc(-c2c(N)ncnc2N[C@@H](C)c2nc3cccc(Cl)c3c(=O)n2C2CC2)no1.CC(C)c1noc(-c2c(N)ncnc2N[C@@H](C)c2nc3cccc(Cl)c3c(=O)n2C2CC2)n1.CC[C@H](Nc1ncnc(N)c1-c1nc(C(N)=O)n(C)n1)c1nc2cccc(Cl)c2c(=O)n1C1CC1.CC[C@H](Nc1ncnc(N)c1-c1ncn(C)n1)c1nc2ccccc2c(=O)n1-c1ccccc1F. The third-order valence-electron chi connectivity index (χ3n) is 22.8. The molecule has 14 N–H and O–H groups in total. The number of nitrogens with two attached hydrogens (primary N) is 5. The molecule has 136 heavy (non-hydrogen) atoms. The molecule has 696 valence electrons. The number of para-hydroxylation sites is 2. The number of benzene rings is 5. The highest BCUT2D eigenvalue weighted by Crippen LogP contribution is 2.43. The maximum absolute atomic E-state index is 14.9. The van der Waals surface area contributed by atoms with Crippen LogP contribution in [0.4, 0.5) is 50.9 Å². The average molecular weight is 1900 g/mol. The van der Waals surface area contributed by atoms with Gasteiger partial charge < -0.3 is 59.0 Å². The van der Waals surface area contributed by atoms with E-state index in [0.29, 0.717) is 164 Å². The summed E-state index contributed by atoms with van der Waals surface area (Å²) < 4.78 is 35.0. The van der Waals surface area contributed by atoms with Crippen LogP contribution in [0, 0.1) is 5.82 Å². The summed E-state index contributed by atoms with van der Waals surface area (Å²) in [7, 11) is 3.29. The smallest absolute Gasteiger partial charge is 0.286 e. The minimum atomic E-state index is -0.727. The lowest BCUT2D eigenvalue weighted by molar-refractivity contribution is 0.0986. The molecule has 12 heterocycles. The summed E-state index contributed by atoms with van der Waals surface area (Å²) in [6, 6.07) is 27.4. The van der Waals surface area contributed by atoms with Crippen molar-refractivity contribution in [3.63, 3.8) is 0 Å². The quantitative estimate of drug-likeness (QED) is 0.0257. The lowest BCUT2D eigenvalue weighted by Gasteiger charge is -2.23. The Hall–Kier alpha value is -15.8. The van der Waals surface area contributed by atoms with E-state index in [1.165, 1.54) is 40.6 Å². The molecule has 12 aromatic heterocycles. The minimum absolute atomic E-state index is 0.0307. The monoisotopic (exact) mass is 1900 g/mol. The van der Waals surface area contributed by atoms with Crippen LogP contribution in [0.15, 0.2) is 163 Å². The van der Waals surface area contributed by atoms with Crippen molar-refractivity contribution in [2.24, 2.45) is 19.8 Å². The lowest BCUT2D eigenvalue weighted by Crippen LogP contribution is -2.29. The van der Waals surface area contributed by atoms with E-state index in [1.807, 2.05) is 55.4 Å². The van der Waals surface area contributed by atoms with Crippen molar-refractivity contribution in [3.8, 4) is 51.3 Å². The van der Waals surface area contributed by atoms with Crippen LogP contribution < -0.4 is 72.2 Å². The Morgan fingerprint density at radius 2 is 0.890 bits per heavy atom. The van der Waals surface area contributed by atoms with Gasteiger partial charge in [0.05, 0.1) is 88.5 Å². The molecular formula is C90H91Cl3FN35O7. The van der Waals surface area contributed by atoms with Gasteiger partial charge in [-0.3, -0.25) is 46.9 Å². The van der Waals surface area contributed by atoms with E-state index in [2.05, 4.69) is 102 Å². The molecule has 3 fully saturated rings. The van der Waals surface area contributed by atoms with Gasteiger partial charge in [-0.1, -0.05) is 129 Å². The van der Waals surface area contributed by atoms with Crippen molar-refractivity contribution >= 4 is 131 Å². The fourth-order valence-electron chi connectivity index (χ4n) is 15.6. The number of primary amides is 1. The number of aryl methyl sites for hydroxylation is 2. The fourth-order valence-corrected chi connectivity index (χ4v) is 16.3. The molecule has 3 saturated carbocycles. The number of aromatic nitrogens is 26. The second kappa shape index (κ2) is 38.4. The summed E-state index contributed by atoms with van der Waals surface area (Å²) >= 11 is 19.0. The number of halogens is 4. The van der Waals surface area contributed by atoms with Crippen molar-refractivity contribution in [2.45, 2.75) is 161 Å². The van der Waals surface area contributed by atoms with Crippen molar-refractivity contribution in [1.82, 2.24) is 128 Å². The highest BCUT2D eigenvalue weighted by molar-refractivity contribution is 6.36. The molecule has 3 aliphatic carbocycles. The van der Waals surface area contributed by atoms with Crippen LogP contribution in [0.25, 0.3) is 94.9 Å². The molecule has 0 bridgehead atoms. The van der Waals surface area contributed by atoms with E-state index in [1.54, 1.807) is 136 Å². The third kappa shape index (κ3) is 18.5. The molecule has 0 radical (unpaired) electrons. The van der Waals surface area contributed by atoms with Crippen molar-refractivity contribution in [3.05, 3.63) is 238 Å². The molecule has 0 saturated heterocycles. The topological polar surface area (TPSA) is 577 Å². The standard InChI is InChI=1S/C24H22FN9O.C22H23ClN10O2.2C22H23ClN8O2/c1-3-16(30-21-19(20(26)27-12-28-21)22-29-13-33(2)32-22)23-31-17-10-6-4-8-14(17)24(35)34(23)18-11-7-5-9-15(18)25;1-3-12(20-29-13-6-4-5-11(23)14(13)22(35)33(20)10-7-8-10)28-18-15(16(24)26-9-27-18)19-30-21(17(25)34)32(2)31-19;1-10(2)21-29-19(30-33-21)16-17(24)25-9-26-18(16)27-11(3)20-28-14-6-4-5-13(23)15(14)22(32)31(20)12-7-8-12;1-10(2)18-29-21(33-30-18)16-17(24)25-9-26-19(16)27-11(3)20-28-14-6-4-5-13(23)15(14)22(32)31(20)12-7-8-12/h4-13,16H,3H2,1-2H3,(H3,26,27,28,30);4-6,9-10,12H,3,7-8H2,1-2H3,(H2,25,34)(H3,24,26,27,28);2*4-6,9-12H,7-8H2,1-3H3,(H3,24,25,26,27)/t16-;12-;2*11-/m0000/s1. The van der Waals surface area contributed by atoms with E-state index in [0.717, 1.165) is 38.5 Å². The highest BCUT2D eigenvalue weighted by atomic mass is 35.5. The van der Waals surface area contributed by atoms with Gasteiger partial charge >= 0.3 is 0 Å². The van der Waals surface area contributed by atoms with Gasteiger partial charge in [0.15, 0.2) is 17.5 Å². The largest absolute Gasteiger partial charge is 0.383 e. The van der Waals surface area contributed by atoms with E-state index >= 15 is 0 Å². The Morgan fingerprint density at radius 1 is 0.456 bits per heavy atom. The number of carbonyl (C=O) groups excluding carboxylic acids is 1. The van der Waals surface area contributed by atoms with Crippen molar-refractivity contribution in [2.75, 3.05) is 44.2 Å². The summed E-state index contributed by atoms with van der Waals surface area (Å²) in [4.78, 5) is 136. The zero-order valence-corrected chi connectivity index (χ0v) is 77.2. The van der Waals surface area contributed by atoms with Gasteiger partial charge in [0, 0.05) is 44.1 Å². The molecule has 20 rings (SSSR count). The van der Waals surface area contributed by atoms with Gasteiger partial charge in [-0.2, -0.15) is 20.2 Å². The first-order valence-corrected chi connectivity index (χ1v) is 44.7. The molecular weight excluding hydrogens is 1810 g/mol. The zero-order valence-electron chi connectivity index (χ0n) is 74.9. The Morgan fingerprint density at radius 3 is 1.34 bits per heavy atom. The number of fused-ring (bicyclic) bond motifs is 4. The molecule has 4 atom stereocenters. The van der Waals surface area contributed by atoms with Crippen LogP contribution >= 0.6 is 34.8 Å². The maximum Gasteiger partial charge on any atom is 0.286 e. The molecule has 0 unspecified atom stereocenters. The van der Waals surface area contributed by atoms with Crippen LogP contribution in [0.3, 0.4) is 0 Å². The molecule has 1 amide bonds. The predicted molar refractivity (Wildman–Crippen MR) is 512 cm³/mol. The van der Waals surface area contributed by atoms with Crippen LogP contribution in [-0.2, 0) is 14.1 Å². The Balaban J connectivity index is 0.000000126. The summed E-state index contributed by atoms with van der Waals surface area (Å²) in [5.74, 6) is 5.31. The van der Waals surface area contributed by atoms with Gasteiger partial charge in [0.1, 0.15) is 130 Å². The second-order valence-corrected chi connectivity index (χ2v) is 34.4. The number of amides is 1. The molecule has 42 nitrogen and oxygen atoms in total. The number of hydrogen-bond acceptors (Lipinski definition) is 35. The first-order chi connectivity index (χ1) is 65.5. The van der Waals surface area contributed by atoms with Crippen LogP contribution in [0.5, 0.6) is 0 Å². The number of hydrogen-bond donors (Lipinski definition) is 9. The van der Waals surface area contributed by atoms with Gasteiger partial charge in [0.25, 0.3) is 34.0 Å². The average Bonchev–Trinajstić information content (AvgIpc) is 1.74. The minimum Gasteiger partial charge on any atom is -0.383 e. The first kappa shape index (κ1) is 92.1. The van der Waals surface area contributed by atoms with Gasteiger partial charge in [0.2, 0.25) is 17.5 Å². The van der Waals surface area contributed by atoms with Crippen molar-refractivity contribution in [1.29, 1.82) is 0 Å². The van der Waals surface area contributed by atoms with Crippen LogP contribution in [-0.4, -0.2) is 134 Å². The Bertz CT molecular complexity index is 7520. The Labute approximate surface area is 786 Å². The zero-order chi connectivity index (χ0) is 95.9. The summed E-state index contributed by atoms with van der Waals surface area (Å²) in [5, 5.41) is 32.8. The predicted octanol–water partition coefficient (Wildman–Crippen LogP) is 13.7. The summed E-state index contributed by atoms with van der Waals surface area (Å²) in [6.45, 7) is 15.6. The van der Waals surface area contributed by atoms with E-state index in [4.69, 9.17) is 92.5 Å². The Kier molecular flexibility index (Phi) is 26.0. The molecule has 17 aromatic rings. The molecule has 3 aliphatic rings. The third-order valence-corrected chi connectivity index (χ3v) is 23.7. The number of nitrogen functional groups attached to an aromatic ring is 4. The van der Waals surface area contributed by atoms with Gasteiger partial charge in [-0.25, -0.2) is 78.8 Å². The molecule has 0 aliphatic heterocycles. The van der Waals surface area contributed by atoms with E-state index < -0.39 is 23.8 Å². The summed E-state index contributed by atoms with van der Waals surface area (Å²) in [6.07, 6.45) is 13.4. The number of nitrogens with zero attached hydrogens (tertiary/aromatic N) is 26. The van der Waals surface area contributed by atoms with Gasteiger partial charge in [-0.05, 0) is 126 Å². The van der Waals surface area contributed by atoms with Crippen LogP contribution in [0.1, 0.15) is 207 Å².